The van der Waals surface area contributed by atoms with Crippen molar-refractivity contribution in [3.63, 3.8) is 0 Å². The Morgan fingerprint density at radius 2 is 2.25 bits per heavy atom. The number of carbonyl (C=O) groups is 1. The van der Waals surface area contributed by atoms with Gasteiger partial charge in [-0.2, -0.15) is 0 Å². The van der Waals surface area contributed by atoms with Gasteiger partial charge >= 0.3 is 5.97 Å². The summed E-state index contributed by atoms with van der Waals surface area (Å²) in [6.45, 7) is 0. The first-order valence-electron chi connectivity index (χ1n) is 4.38. The lowest BCUT2D eigenvalue weighted by Gasteiger charge is -1.99. The number of carbonyl (C=O) groups excluding carboxylic acids is 1. The second-order valence-electron chi connectivity index (χ2n) is 2.86. The number of nitrogens with zero attached hydrogens (tertiary/aromatic N) is 2. The van der Waals surface area contributed by atoms with E-state index in [0.717, 1.165) is 4.88 Å². The quantitative estimate of drug-likeness (QED) is 0.773. The molecule has 16 heavy (non-hydrogen) atoms. The molecule has 0 fully saturated rings. The minimum atomic E-state index is -0.480. The van der Waals surface area contributed by atoms with Crippen LogP contribution in [0.2, 0.25) is 4.34 Å². The molecule has 0 aliphatic heterocycles. The van der Waals surface area contributed by atoms with Crippen LogP contribution in [0.1, 0.15) is 10.5 Å². The molecule has 0 amide bonds. The fourth-order valence-electron chi connectivity index (χ4n) is 1.13. The van der Waals surface area contributed by atoms with Crippen molar-refractivity contribution in [2.45, 2.75) is 0 Å². The van der Waals surface area contributed by atoms with Crippen molar-refractivity contribution in [2.24, 2.45) is 0 Å². The third kappa shape index (κ3) is 2.20. The maximum Gasteiger partial charge on any atom is 0.356 e. The molecule has 0 N–H and O–H groups in total. The summed E-state index contributed by atoms with van der Waals surface area (Å²) in [6, 6.07) is 5.07. The van der Waals surface area contributed by atoms with Crippen LogP contribution < -0.4 is 0 Å². The van der Waals surface area contributed by atoms with E-state index in [2.05, 4.69) is 14.7 Å². The maximum absolute atomic E-state index is 11.3. The molecule has 0 saturated carbocycles. The number of esters is 1. The van der Waals surface area contributed by atoms with Gasteiger partial charge in [-0.15, -0.1) is 11.3 Å². The standard InChI is InChI=1S/C10H7ClN2O2S/c1-15-10(14)6-4-5-12-9(13-6)7-2-3-8(11)16-7/h2-5H,1H3. The molecule has 0 saturated heterocycles. The van der Waals surface area contributed by atoms with Crippen molar-refractivity contribution in [2.75, 3.05) is 7.11 Å². The van der Waals surface area contributed by atoms with Gasteiger partial charge in [0.2, 0.25) is 0 Å². The number of thiophene rings is 1. The molecule has 0 aromatic carbocycles. The lowest BCUT2D eigenvalue weighted by Crippen LogP contribution is -2.05. The van der Waals surface area contributed by atoms with E-state index in [-0.39, 0.29) is 5.69 Å². The minimum Gasteiger partial charge on any atom is -0.464 e. The Hall–Kier alpha value is -1.46. The Kier molecular flexibility index (Phi) is 3.17. The first-order chi connectivity index (χ1) is 7.70. The third-order valence-corrected chi connectivity index (χ3v) is 3.07. The average molecular weight is 255 g/mol. The Morgan fingerprint density at radius 3 is 2.88 bits per heavy atom. The van der Waals surface area contributed by atoms with Crippen LogP contribution in [0.25, 0.3) is 10.7 Å². The van der Waals surface area contributed by atoms with Crippen LogP contribution in [0.4, 0.5) is 0 Å². The van der Waals surface area contributed by atoms with Gasteiger partial charge in [0.1, 0.15) is 0 Å². The Bertz CT molecular complexity index is 527. The molecule has 0 bridgehead atoms. The number of aromatic nitrogens is 2. The highest BCUT2D eigenvalue weighted by Gasteiger charge is 2.10. The maximum atomic E-state index is 11.3. The van der Waals surface area contributed by atoms with Crippen LogP contribution in [0.15, 0.2) is 24.4 Å². The third-order valence-electron chi connectivity index (χ3n) is 1.84. The number of hydrogen-bond acceptors (Lipinski definition) is 5. The van der Waals surface area contributed by atoms with Gasteiger partial charge in [-0.05, 0) is 18.2 Å². The van der Waals surface area contributed by atoms with E-state index in [9.17, 15) is 4.79 Å². The second kappa shape index (κ2) is 4.59. The fraction of sp³-hybridized carbons (Fsp3) is 0.100. The molecule has 0 aliphatic rings. The molecule has 4 nitrogen and oxygen atoms in total. The predicted molar refractivity (Wildman–Crippen MR) is 61.7 cm³/mol. The summed E-state index contributed by atoms with van der Waals surface area (Å²) >= 11 is 7.17. The van der Waals surface area contributed by atoms with Gasteiger partial charge < -0.3 is 4.74 Å². The van der Waals surface area contributed by atoms with Crippen molar-refractivity contribution in [1.29, 1.82) is 0 Å². The van der Waals surface area contributed by atoms with Gasteiger partial charge in [0.15, 0.2) is 11.5 Å². The van der Waals surface area contributed by atoms with E-state index >= 15 is 0 Å². The minimum absolute atomic E-state index is 0.233. The van der Waals surface area contributed by atoms with E-state index < -0.39 is 5.97 Å². The van der Waals surface area contributed by atoms with E-state index in [4.69, 9.17) is 11.6 Å². The largest absolute Gasteiger partial charge is 0.464 e. The summed E-state index contributed by atoms with van der Waals surface area (Å²) < 4.78 is 5.24. The topological polar surface area (TPSA) is 52.1 Å². The Morgan fingerprint density at radius 1 is 1.44 bits per heavy atom. The van der Waals surface area contributed by atoms with Crippen LogP contribution in [-0.2, 0) is 4.74 Å². The number of halogens is 1. The Labute approximate surface area is 101 Å². The summed E-state index contributed by atoms with van der Waals surface area (Å²) in [5.41, 5.74) is 0.233. The average Bonchev–Trinajstić information content (AvgIpc) is 2.75. The molecular weight excluding hydrogens is 248 g/mol. The van der Waals surface area contributed by atoms with Crippen LogP contribution >= 0.6 is 22.9 Å². The summed E-state index contributed by atoms with van der Waals surface area (Å²) in [4.78, 5) is 20.2. The van der Waals surface area contributed by atoms with Crippen LogP contribution in [0, 0.1) is 0 Å². The van der Waals surface area contributed by atoms with Crippen LogP contribution in [0.5, 0.6) is 0 Å². The first-order valence-corrected chi connectivity index (χ1v) is 5.57. The molecule has 0 spiro atoms. The molecule has 0 aliphatic carbocycles. The van der Waals surface area contributed by atoms with Gasteiger partial charge in [-0.1, -0.05) is 11.6 Å². The summed E-state index contributed by atoms with van der Waals surface area (Å²) in [5.74, 6) is -0.00824. The van der Waals surface area contributed by atoms with Crippen LogP contribution in [0.3, 0.4) is 0 Å². The molecule has 2 aromatic rings. The molecule has 2 rings (SSSR count). The van der Waals surface area contributed by atoms with Crippen molar-refractivity contribution < 1.29 is 9.53 Å². The lowest BCUT2D eigenvalue weighted by atomic mass is 10.4. The molecule has 0 atom stereocenters. The molecular formula is C10H7ClN2O2S. The van der Waals surface area contributed by atoms with Gasteiger partial charge in [0, 0.05) is 6.20 Å². The van der Waals surface area contributed by atoms with Gasteiger partial charge in [-0.3, -0.25) is 0 Å². The van der Waals surface area contributed by atoms with E-state index in [1.165, 1.54) is 30.7 Å². The monoisotopic (exact) mass is 254 g/mol. The fourth-order valence-corrected chi connectivity index (χ4v) is 2.11. The Balaban J connectivity index is 2.39. The van der Waals surface area contributed by atoms with Crippen molar-refractivity contribution in [3.8, 4) is 10.7 Å². The number of methoxy groups -OCH3 is 1. The van der Waals surface area contributed by atoms with Gasteiger partial charge in [-0.25, -0.2) is 14.8 Å². The summed E-state index contributed by atoms with van der Waals surface area (Å²) in [6.07, 6.45) is 1.52. The zero-order valence-corrected chi connectivity index (χ0v) is 9.88. The molecule has 82 valence electrons. The van der Waals surface area contributed by atoms with E-state index in [1.807, 2.05) is 6.07 Å². The highest BCUT2D eigenvalue weighted by Crippen LogP contribution is 2.28. The smallest absolute Gasteiger partial charge is 0.356 e. The van der Waals surface area contributed by atoms with Crippen molar-refractivity contribution in [1.82, 2.24) is 9.97 Å². The zero-order chi connectivity index (χ0) is 11.5. The van der Waals surface area contributed by atoms with E-state index in [1.54, 1.807) is 6.07 Å². The lowest BCUT2D eigenvalue weighted by molar-refractivity contribution is 0.0594. The highest BCUT2D eigenvalue weighted by molar-refractivity contribution is 7.19. The number of rotatable bonds is 2. The first kappa shape index (κ1) is 11.0. The van der Waals surface area contributed by atoms with E-state index in [0.29, 0.717) is 10.2 Å². The molecule has 0 unspecified atom stereocenters. The van der Waals surface area contributed by atoms with Gasteiger partial charge in [0.25, 0.3) is 0 Å². The van der Waals surface area contributed by atoms with Gasteiger partial charge in [0.05, 0.1) is 16.3 Å². The SMILES string of the molecule is COC(=O)c1ccnc(-c2ccc(Cl)s2)n1. The molecule has 2 aromatic heterocycles. The van der Waals surface area contributed by atoms with Crippen LogP contribution in [-0.4, -0.2) is 23.0 Å². The molecule has 6 heteroatoms. The number of hydrogen-bond donors (Lipinski definition) is 0. The number of ether oxygens (including phenoxy) is 1. The summed E-state index contributed by atoms with van der Waals surface area (Å²) in [5, 5.41) is 0. The molecule has 0 radical (unpaired) electrons. The normalized spacial score (nSPS) is 10.1. The predicted octanol–water partition coefficient (Wildman–Crippen LogP) is 2.65. The zero-order valence-electron chi connectivity index (χ0n) is 8.31. The van der Waals surface area contributed by atoms with Crippen molar-refractivity contribution >= 4 is 28.9 Å². The highest BCUT2D eigenvalue weighted by atomic mass is 35.5. The molecule has 2 heterocycles. The summed E-state index contributed by atoms with van der Waals surface area (Å²) in [7, 11) is 1.31. The second-order valence-corrected chi connectivity index (χ2v) is 4.58. The van der Waals surface area contributed by atoms with Crippen molar-refractivity contribution in [3.05, 3.63) is 34.4 Å².